The van der Waals surface area contributed by atoms with Gasteiger partial charge in [0.2, 0.25) is 0 Å². The van der Waals surface area contributed by atoms with Crippen molar-refractivity contribution in [3.63, 3.8) is 0 Å². The summed E-state index contributed by atoms with van der Waals surface area (Å²) in [7, 11) is -0.600. The number of amides is 4. The first-order chi connectivity index (χ1) is 21.6. The highest BCUT2D eigenvalue weighted by atomic mass is 32.2. The molecule has 14 nitrogen and oxygen atoms in total. The van der Waals surface area contributed by atoms with Gasteiger partial charge in [-0.15, -0.1) is 0 Å². The molecule has 0 spiro atoms. The fraction of sp³-hybridized carbons (Fsp3) is 0.500. The number of nitrogens with zero attached hydrogens (tertiary/aromatic N) is 1. The summed E-state index contributed by atoms with van der Waals surface area (Å²) in [6.07, 6.45) is 1.03. The molecule has 15 heteroatoms. The van der Waals surface area contributed by atoms with Crippen LogP contribution in [0.1, 0.15) is 39.2 Å². The van der Waals surface area contributed by atoms with Gasteiger partial charge in [-0.3, -0.25) is 14.5 Å². The van der Waals surface area contributed by atoms with Crippen LogP contribution in [-0.4, -0.2) is 117 Å². The van der Waals surface area contributed by atoms with Gasteiger partial charge in [-0.1, -0.05) is 12.1 Å². The van der Waals surface area contributed by atoms with Crippen molar-refractivity contribution in [2.45, 2.75) is 13.0 Å². The third kappa shape index (κ3) is 10.4. The van der Waals surface area contributed by atoms with E-state index in [0.717, 1.165) is 11.2 Å². The number of hydrogen-bond donors (Lipinski definition) is 2. The Morgan fingerprint density at radius 2 is 1.56 bits per heavy atom. The Kier molecular flexibility index (Phi) is 14.0. The van der Waals surface area contributed by atoms with Crippen LogP contribution >= 0.6 is 0 Å². The van der Waals surface area contributed by atoms with Crippen LogP contribution in [-0.2, 0) is 28.8 Å². The number of sulfone groups is 1. The van der Waals surface area contributed by atoms with Gasteiger partial charge in [0.25, 0.3) is 11.8 Å². The highest BCUT2D eigenvalue weighted by Crippen LogP contribution is 2.38. The average molecular weight is 652 g/mol. The molecule has 1 aliphatic rings. The summed E-state index contributed by atoms with van der Waals surface area (Å²) in [6, 6.07) is 7.43. The number of nitrogens with one attached hydrogen (secondary N) is 2. The predicted octanol–water partition coefficient (Wildman–Crippen LogP) is 2.29. The van der Waals surface area contributed by atoms with E-state index in [4.69, 9.17) is 28.4 Å². The van der Waals surface area contributed by atoms with Gasteiger partial charge >= 0.3 is 6.03 Å². The van der Waals surface area contributed by atoms with E-state index in [1.54, 1.807) is 32.2 Å². The second-order valence-electron chi connectivity index (χ2n) is 9.87. The Balaban J connectivity index is 1.63. The number of ether oxygens (including phenoxy) is 6. The number of imide groups is 1. The summed E-state index contributed by atoms with van der Waals surface area (Å²) in [5, 5.41) is 5.25. The zero-order valence-electron chi connectivity index (χ0n) is 26.0. The van der Waals surface area contributed by atoms with Crippen molar-refractivity contribution >= 4 is 33.4 Å². The number of urea groups is 1. The summed E-state index contributed by atoms with van der Waals surface area (Å²) in [5.41, 5.74) is 0.486. The Morgan fingerprint density at radius 3 is 2.18 bits per heavy atom. The zero-order valence-corrected chi connectivity index (χ0v) is 26.8. The molecule has 248 valence electrons. The summed E-state index contributed by atoms with van der Waals surface area (Å²) >= 11 is 0. The molecule has 0 saturated heterocycles. The maximum Gasteiger partial charge on any atom is 0.319 e. The molecule has 45 heavy (non-hydrogen) atoms. The van der Waals surface area contributed by atoms with Crippen LogP contribution < -0.4 is 20.1 Å². The molecule has 2 N–H and O–H groups in total. The monoisotopic (exact) mass is 651 g/mol. The minimum absolute atomic E-state index is 0.0331. The second-order valence-corrected chi connectivity index (χ2v) is 12.1. The number of fused-ring (bicyclic) bond motifs is 1. The molecule has 1 atom stereocenters. The van der Waals surface area contributed by atoms with E-state index < -0.39 is 39.5 Å². The van der Waals surface area contributed by atoms with Crippen molar-refractivity contribution in [3.05, 3.63) is 53.1 Å². The molecule has 2 aromatic rings. The number of carbonyl (C=O) groups is 3. The van der Waals surface area contributed by atoms with Crippen LogP contribution in [0.5, 0.6) is 11.5 Å². The normalized spacial score (nSPS) is 13.5. The maximum atomic E-state index is 13.8. The Hall–Kier alpha value is -3.76. The number of methoxy groups -OCH3 is 2. The van der Waals surface area contributed by atoms with Crippen molar-refractivity contribution in [3.8, 4) is 11.5 Å². The lowest BCUT2D eigenvalue weighted by Gasteiger charge is -2.27. The number of rotatable bonds is 20. The second kappa shape index (κ2) is 17.7. The first-order valence-corrected chi connectivity index (χ1v) is 16.4. The maximum absolute atomic E-state index is 13.8. The fourth-order valence-electron chi connectivity index (χ4n) is 4.55. The zero-order chi connectivity index (χ0) is 32.8. The topological polar surface area (TPSA) is 168 Å². The van der Waals surface area contributed by atoms with Crippen LogP contribution in [0.3, 0.4) is 0 Å². The summed E-state index contributed by atoms with van der Waals surface area (Å²) in [4.78, 5) is 40.9. The van der Waals surface area contributed by atoms with E-state index in [9.17, 15) is 22.8 Å². The molecule has 0 fully saturated rings. The Bertz CT molecular complexity index is 1420. The first-order valence-electron chi connectivity index (χ1n) is 14.4. The van der Waals surface area contributed by atoms with Gasteiger partial charge in [-0.25, -0.2) is 13.2 Å². The van der Waals surface area contributed by atoms with Gasteiger partial charge in [-0.05, 0) is 36.8 Å². The summed E-state index contributed by atoms with van der Waals surface area (Å²) in [6.45, 7) is 5.09. The lowest BCUT2D eigenvalue weighted by Crippen LogP contribution is -2.38. The summed E-state index contributed by atoms with van der Waals surface area (Å²) in [5.74, 6) is -1.19. The van der Waals surface area contributed by atoms with Crippen molar-refractivity contribution < 1.29 is 51.2 Å². The molecule has 4 amide bonds. The smallest absolute Gasteiger partial charge is 0.319 e. The van der Waals surface area contributed by atoms with Crippen LogP contribution in [0, 0.1) is 0 Å². The van der Waals surface area contributed by atoms with Crippen molar-refractivity contribution in [2.75, 3.05) is 90.9 Å². The largest absolute Gasteiger partial charge is 0.493 e. The minimum Gasteiger partial charge on any atom is -0.493 e. The van der Waals surface area contributed by atoms with Crippen LogP contribution in [0.25, 0.3) is 0 Å². The molecule has 1 heterocycles. The van der Waals surface area contributed by atoms with Crippen LogP contribution in [0.4, 0.5) is 10.5 Å². The quantitative estimate of drug-likeness (QED) is 0.159. The molecule has 0 bridgehead atoms. The van der Waals surface area contributed by atoms with Gasteiger partial charge in [-0.2, -0.15) is 0 Å². The number of carbonyl (C=O) groups excluding carboxylic acids is 3. The lowest BCUT2D eigenvalue weighted by atomic mass is 10.1. The SMILES string of the molecule is CCOc1cc(C(CS(C)(=O)=O)N2C(=O)c3cccc(NC(=O)NCCOCCOCCOCCOC)c3C2=O)ccc1OC. The van der Waals surface area contributed by atoms with Gasteiger partial charge in [0.05, 0.1) is 88.6 Å². The van der Waals surface area contributed by atoms with E-state index in [0.29, 0.717) is 63.3 Å². The third-order valence-electron chi connectivity index (χ3n) is 6.55. The molecule has 0 saturated carbocycles. The van der Waals surface area contributed by atoms with Crippen molar-refractivity contribution in [1.82, 2.24) is 10.2 Å². The van der Waals surface area contributed by atoms with Crippen molar-refractivity contribution in [2.24, 2.45) is 0 Å². The lowest BCUT2D eigenvalue weighted by molar-refractivity contribution is 0.00431. The molecule has 1 unspecified atom stereocenters. The Morgan fingerprint density at radius 1 is 0.889 bits per heavy atom. The highest BCUT2D eigenvalue weighted by molar-refractivity contribution is 7.90. The number of benzene rings is 2. The molecular weight excluding hydrogens is 610 g/mol. The molecule has 0 aliphatic carbocycles. The van der Waals surface area contributed by atoms with E-state index in [-0.39, 0.29) is 30.0 Å². The number of anilines is 1. The Labute approximate surface area is 263 Å². The van der Waals surface area contributed by atoms with E-state index in [1.165, 1.54) is 25.3 Å². The molecule has 0 aromatic heterocycles. The van der Waals surface area contributed by atoms with Crippen LogP contribution in [0.15, 0.2) is 36.4 Å². The highest BCUT2D eigenvalue weighted by Gasteiger charge is 2.43. The minimum atomic E-state index is -3.67. The average Bonchev–Trinajstić information content (AvgIpc) is 3.26. The standard InChI is InChI=1S/C30H41N3O11S/c1-5-44-26-19-21(9-10-25(26)40-3)24(20-45(4,37)38)33-28(34)22-7-6-8-23(27(22)29(33)35)32-30(36)31-11-12-41-15-16-43-18-17-42-14-13-39-2/h6-10,19,24H,5,11-18,20H2,1-4H3,(H2,31,32,36). The van der Waals surface area contributed by atoms with E-state index in [1.807, 2.05) is 0 Å². The van der Waals surface area contributed by atoms with Gasteiger partial charge in [0, 0.05) is 19.9 Å². The van der Waals surface area contributed by atoms with Gasteiger partial charge < -0.3 is 39.1 Å². The van der Waals surface area contributed by atoms with E-state index >= 15 is 0 Å². The van der Waals surface area contributed by atoms with Gasteiger partial charge in [0.15, 0.2) is 11.5 Å². The molecule has 2 aromatic carbocycles. The summed E-state index contributed by atoms with van der Waals surface area (Å²) < 4.78 is 56.9. The first kappa shape index (κ1) is 35.7. The van der Waals surface area contributed by atoms with E-state index in [2.05, 4.69) is 10.6 Å². The number of hydrogen-bond acceptors (Lipinski definition) is 11. The molecular formula is C30H41N3O11S. The predicted molar refractivity (Wildman–Crippen MR) is 165 cm³/mol. The van der Waals surface area contributed by atoms with Crippen LogP contribution in [0.2, 0.25) is 0 Å². The fourth-order valence-corrected chi connectivity index (χ4v) is 5.47. The molecule has 3 rings (SSSR count). The van der Waals surface area contributed by atoms with Crippen molar-refractivity contribution in [1.29, 1.82) is 0 Å². The molecule has 0 radical (unpaired) electrons. The third-order valence-corrected chi connectivity index (χ3v) is 7.47. The molecule has 1 aliphatic heterocycles. The van der Waals surface area contributed by atoms with Gasteiger partial charge in [0.1, 0.15) is 9.84 Å².